The van der Waals surface area contributed by atoms with Gasteiger partial charge in [-0.25, -0.2) is 0 Å². The van der Waals surface area contributed by atoms with Gasteiger partial charge in [0.15, 0.2) is 0 Å². The maximum absolute atomic E-state index is 13.8. The number of anilines is 1. The second-order valence-electron chi connectivity index (χ2n) is 11.2. The summed E-state index contributed by atoms with van der Waals surface area (Å²) in [6.45, 7) is 7.04. The topological polar surface area (TPSA) is 82.0 Å². The molecule has 3 aliphatic heterocycles. The summed E-state index contributed by atoms with van der Waals surface area (Å²) >= 11 is 0. The summed E-state index contributed by atoms with van der Waals surface area (Å²) in [5.74, 6) is -0.923. The van der Waals surface area contributed by atoms with E-state index in [1.807, 2.05) is 18.2 Å². The fourth-order valence-electron chi connectivity index (χ4n) is 6.32. The van der Waals surface area contributed by atoms with Crippen molar-refractivity contribution in [2.45, 2.75) is 38.8 Å². The lowest BCUT2D eigenvalue weighted by molar-refractivity contribution is -0.137. The number of fused-ring (bicyclic) bond motifs is 4. The molecule has 0 unspecified atom stereocenters. The van der Waals surface area contributed by atoms with Gasteiger partial charge in [0.25, 0.3) is 5.91 Å². The molecule has 3 aliphatic rings. The number of hydrogen-bond donors (Lipinski definition) is 2. The molecule has 0 bridgehead atoms. The van der Waals surface area contributed by atoms with Crippen LogP contribution in [0.2, 0.25) is 13.1 Å². The summed E-state index contributed by atoms with van der Waals surface area (Å²) in [7, 11) is -0.297. The first-order chi connectivity index (χ1) is 18.3. The molecule has 3 aromatic rings. The SMILES string of the molecule is CN(CCCC(=O)O)C(=O)c1ccccc1C1=c2cc3c(cc2[Si-](C)(C)c2cc4c(cc21)CCN4)=NCC3. The molecule has 0 aliphatic carbocycles. The van der Waals surface area contributed by atoms with Crippen molar-refractivity contribution in [3.8, 4) is 0 Å². The first-order valence-electron chi connectivity index (χ1n) is 13.5. The maximum atomic E-state index is 13.8. The van der Waals surface area contributed by atoms with Crippen LogP contribution >= 0.6 is 0 Å². The fraction of sp³-hybridized carbons (Fsp3) is 0.323. The zero-order valence-corrected chi connectivity index (χ0v) is 23.2. The molecular weight excluding hydrogens is 490 g/mol. The zero-order valence-electron chi connectivity index (χ0n) is 22.2. The van der Waals surface area contributed by atoms with Crippen molar-refractivity contribution in [2.75, 3.05) is 32.0 Å². The van der Waals surface area contributed by atoms with Gasteiger partial charge in [-0.3, -0.25) is 14.6 Å². The Hall–Kier alpha value is -3.71. The highest BCUT2D eigenvalue weighted by Crippen LogP contribution is 2.32. The van der Waals surface area contributed by atoms with E-state index in [0.29, 0.717) is 18.5 Å². The predicted octanol–water partition coefficient (Wildman–Crippen LogP) is 2.15. The van der Waals surface area contributed by atoms with Crippen LogP contribution in [-0.4, -0.2) is 56.6 Å². The number of benzene rings is 3. The quantitative estimate of drug-likeness (QED) is 0.485. The van der Waals surface area contributed by atoms with Gasteiger partial charge < -0.3 is 15.3 Å². The highest BCUT2D eigenvalue weighted by atomic mass is 28.3. The highest BCUT2D eigenvalue weighted by molar-refractivity contribution is 7.01. The number of hydrogen-bond acceptors (Lipinski definition) is 4. The molecule has 2 N–H and O–H groups in total. The Morgan fingerprint density at radius 3 is 2.66 bits per heavy atom. The third kappa shape index (κ3) is 3.96. The smallest absolute Gasteiger partial charge is 0.303 e. The average Bonchev–Trinajstić information content (AvgIpc) is 3.55. The molecule has 6 rings (SSSR count). The third-order valence-corrected chi connectivity index (χ3v) is 11.9. The van der Waals surface area contributed by atoms with Crippen molar-refractivity contribution < 1.29 is 14.7 Å². The Labute approximate surface area is 223 Å². The molecule has 0 radical (unpaired) electrons. The molecule has 6 nitrogen and oxygen atoms in total. The van der Waals surface area contributed by atoms with Crippen LogP contribution in [0.15, 0.2) is 53.5 Å². The molecule has 0 fully saturated rings. The summed E-state index contributed by atoms with van der Waals surface area (Å²) < 4.78 is 0. The molecule has 7 heteroatoms. The van der Waals surface area contributed by atoms with Gasteiger partial charge in [0.05, 0.1) is 5.36 Å². The minimum Gasteiger partial charge on any atom is -0.481 e. The van der Waals surface area contributed by atoms with E-state index in [1.165, 1.54) is 38.0 Å². The second-order valence-corrected chi connectivity index (χ2v) is 15.5. The van der Waals surface area contributed by atoms with Gasteiger partial charge in [-0.2, -0.15) is 23.5 Å². The molecule has 1 amide bonds. The number of carbonyl (C=O) groups excluding carboxylic acids is 1. The van der Waals surface area contributed by atoms with Crippen LogP contribution in [0.3, 0.4) is 0 Å². The first-order valence-corrected chi connectivity index (χ1v) is 16.5. The molecule has 0 atom stereocenters. The van der Waals surface area contributed by atoms with E-state index in [2.05, 4.69) is 48.7 Å². The summed E-state index contributed by atoms with van der Waals surface area (Å²) in [6, 6.07) is 17.3. The maximum Gasteiger partial charge on any atom is 0.303 e. The van der Waals surface area contributed by atoms with Crippen LogP contribution in [0, 0.1) is 0 Å². The monoisotopic (exact) mass is 523 g/mol. The standard InChI is InChI=1S/C31H33N3O3Si/c1-34(14-6-9-29(35)36)31(37)22-8-5-4-7-21(22)30-23-15-19-10-12-32-25(19)17-27(23)38(2,3)28-18-26-20(11-13-33-26)16-24(28)30/h4-5,7-8,15-18,32H,6,9-14H2,1-3H3,(H,35,36)/q-1. The van der Waals surface area contributed by atoms with Crippen molar-refractivity contribution in [1.29, 1.82) is 0 Å². The molecule has 0 spiro atoms. The van der Waals surface area contributed by atoms with Crippen molar-refractivity contribution in [2.24, 2.45) is 4.99 Å². The predicted molar refractivity (Wildman–Crippen MR) is 153 cm³/mol. The van der Waals surface area contributed by atoms with Crippen LogP contribution in [0.4, 0.5) is 5.69 Å². The number of nitrogens with zero attached hydrogens (tertiary/aromatic N) is 2. The van der Waals surface area contributed by atoms with E-state index in [0.717, 1.165) is 42.4 Å². The minimum absolute atomic E-state index is 0.0480. The number of amides is 1. The van der Waals surface area contributed by atoms with Gasteiger partial charge in [-0.1, -0.05) is 50.5 Å². The van der Waals surface area contributed by atoms with Gasteiger partial charge in [0, 0.05) is 44.4 Å². The van der Waals surface area contributed by atoms with Crippen molar-refractivity contribution in [3.05, 3.63) is 86.9 Å². The third-order valence-electron chi connectivity index (χ3n) is 8.38. The summed E-state index contributed by atoms with van der Waals surface area (Å²) in [6.07, 6.45) is 2.43. The highest BCUT2D eigenvalue weighted by Gasteiger charge is 2.30. The summed E-state index contributed by atoms with van der Waals surface area (Å²) in [4.78, 5) is 31.2. The Morgan fingerprint density at radius 2 is 1.84 bits per heavy atom. The number of aliphatic carboxylic acids is 1. The van der Waals surface area contributed by atoms with Crippen LogP contribution in [0.25, 0.3) is 5.57 Å². The van der Waals surface area contributed by atoms with Crippen LogP contribution < -0.4 is 26.3 Å². The van der Waals surface area contributed by atoms with Crippen molar-refractivity contribution >= 4 is 41.6 Å². The normalized spacial score (nSPS) is 16.0. The van der Waals surface area contributed by atoms with Gasteiger partial charge >= 0.3 is 5.97 Å². The number of nitrogens with one attached hydrogen (secondary N) is 1. The molecule has 3 heterocycles. The van der Waals surface area contributed by atoms with Gasteiger partial charge in [-0.05, 0) is 58.4 Å². The number of carboxylic acid groups (broad SMARTS) is 1. The molecule has 0 saturated carbocycles. The van der Waals surface area contributed by atoms with E-state index in [9.17, 15) is 9.59 Å². The van der Waals surface area contributed by atoms with E-state index in [1.54, 1.807) is 11.9 Å². The number of carbonyl (C=O) groups is 2. The van der Waals surface area contributed by atoms with Crippen LogP contribution in [0.1, 0.15) is 45.5 Å². The Bertz CT molecular complexity index is 1630. The van der Waals surface area contributed by atoms with Crippen molar-refractivity contribution in [1.82, 2.24) is 4.90 Å². The molecule has 0 saturated heterocycles. The first kappa shape index (κ1) is 24.6. The number of carboxylic acids is 1. The lowest BCUT2D eigenvalue weighted by Gasteiger charge is -2.44. The number of rotatable bonds is 6. The summed E-state index contributed by atoms with van der Waals surface area (Å²) in [5.41, 5.74) is 7.83. The second kappa shape index (κ2) is 9.24. The van der Waals surface area contributed by atoms with Gasteiger partial charge in [0.1, 0.15) is 0 Å². The van der Waals surface area contributed by atoms with Crippen LogP contribution in [0.5, 0.6) is 0 Å². The van der Waals surface area contributed by atoms with Crippen molar-refractivity contribution in [3.63, 3.8) is 0 Å². The lowest BCUT2D eigenvalue weighted by atomic mass is 9.89. The largest absolute Gasteiger partial charge is 0.481 e. The Balaban J connectivity index is 1.60. The average molecular weight is 524 g/mol. The molecule has 0 aromatic heterocycles. The Morgan fingerprint density at radius 1 is 1.03 bits per heavy atom. The van der Waals surface area contributed by atoms with Gasteiger partial charge in [0.2, 0.25) is 0 Å². The molecule has 195 valence electrons. The van der Waals surface area contributed by atoms with Gasteiger partial charge in [-0.15, -0.1) is 0 Å². The van der Waals surface area contributed by atoms with E-state index in [4.69, 9.17) is 10.1 Å². The molecular formula is C31H33N3O3Si-. The zero-order chi connectivity index (χ0) is 26.6. The van der Waals surface area contributed by atoms with E-state index in [-0.39, 0.29) is 12.3 Å². The molecule has 3 aromatic carbocycles. The lowest BCUT2D eigenvalue weighted by Crippen LogP contribution is -2.63. The Kier molecular flexibility index (Phi) is 5.98. The summed E-state index contributed by atoms with van der Waals surface area (Å²) in [5, 5.41) is 17.7. The van der Waals surface area contributed by atoms with Crippen LogP contribution in [-0.2, 0) is 17.6 Å². The van der Waals surface area contributed by atoms with E-state index >= 15 is 0 Å². The molecule has 38 heavy (non-hydrogen) atoms. The van der Waals surface area contributed by atoms with E-state index < -0.39 is 14.0 Å². The minimum atomic E-state index is -2.06. The fourth-order valence-corrected chi connectivity index (χ4v) is 9.35.